The van der Waals surface area contributed by atoms with Crippen LogP contribution in [0.3, 0.4) is 0 Å². The zero-order valence-electron chi connectivity index (χ0n) is 10.7. The highest BCUT2D eigenvalue weighted by Gasteiger charge is 2.31. The van der Waals surface area contributed by atoms with E-state index in [-0.39, 0.29) is 17.8 Å². The summed E-state index contributed by atoms with van der Waals surface area (Å²) in [6, 6.07) is 4.19. The molecule has 0 aliphatic heterocycles. The molecule has 2 aromatic rings. The molecule has 5 nitrogen and oxygen atoms in total. The van der Waals surface area contributed by atoms with Gasteiger partial charge >= 0.3 is 6.18 Å². The van der Waals surface area contributed by atoms with E-state index in [4.69, 9.17) is 5.73 Å². The van der Waals surface area contributed by atoms with Gasteiger partial charge in [0.2, 0.25) is 0 Å². The minimum Gasteiger partial charge on any atom is -0.398 e. The predicted molar refractivity (Wildman–Crippen MR) is 69.1 cm³/mol. The second-order valence-corrected chi connectivity index (χ2v) is 4.18. The lowest BCUT2D eigenvalue weighted by Crippen LogP contribution is -2.25. The lowest BCUT2D eigenvalue weighted by molar-refractivity contribution is -0.137. The van der Waals surface area contributed by atoms with Crippen molar-refractivity contribution in [2.75, 3.05) is 5.73 Å². The molecule has 0 spiro atoms. The Kier molecular flexibility index (Phi) is 4.06. The third-order valence-corrected chi connectivity index (χ3v) is 2.70. The summed E-state index contributed by atoms with van der Waals surface area (Å²) < 4.78 is 37.9. The van der Waals surface area contributed by atoms with Gasteiger partial charge in [-0.2, -0.15) is 13.2 Å². The number of amides is 1. The highest BCUT2D eigenvalue weighted by molar-refractivity contribution is 5.99. The van der Waals surface area contributed by atoms with Crippen LogP contribution in [-0.2, 0) is 12.7 Å². The quantitative estimate of drug-likeness (QED) is 0.849. The van der Waals surface area contributed by atoms with Gasteiger partial charge < -0.3 is 11.1 Å². The van der Waals surface area contributed by atoms with Crippen molar-refractivity contribution in [2.45, 2.75) is 12.7 Å². The van der Waals surface area contributed by atoms with Crippen LogP contribution in [0.4, 0.5) is 18.9 Å². The number of carbonyl (C=O) groups excluding carboxylic acids is 1. The average molecular weight is 296 g/mol. The molecule has 110 valence electrons. The van der Waals surface area contributed by atoms with Gasteiger partial charge in [-0.25, -0.2) is 9.97 Å². The maximum atomic E-state index is 12.6. The summed E-state index contributed by atoms with van der Waals surface area (Å²) in [5, 5.41) is 2.46. The van der Waals surface area contributed by atoms with Crippen molar-refractivity contribution in [1.82, 2.24) is 15.3 Å². The lowest BCUT2D eigenvalue weighted by Gasteiger charge is -2.11. The fourth-order valence-corrected chi connectivity index (χ4v) is 1.62. The lowest BCUT2D eigenvalue weighted by atomic mass is 10.1. The van der Waals surface area contributed by atoms with Crippen LogP contribution in [0.25, 0.3) is 0 Å². The largest absolute Gasteiger partial charge is 0.416 e. The summed E-state index contributed by atoms with van der Waals surface area (Å²) in [5.74, 6) is -0.697. The standard InChI is InChI=1S/C13H11F3N4O/c14-13(15,16)8-1-2-11(17)10(5-8)12(21)19-6-9-3-4-18-7-20-9/h1-5,7H,6,17H2,(H,19,21). The molecule has 0 radical (unpaired) electrons. The number of rotatable bonds is 3. The Hall–Kier alpha value is -2.64. The van der Waals surface area contributed by atoms with E-state index in [1.54, 1.807) is 6.07 Å². The Morgan fingerprint density at radius 2 is 2.05 bits per heavy atom. The minimum atomic E-state index is -4.53. The van der Waals surface area contributed by atoms with Gasteiger partial charge in [0, 0.05) is 11.9 Å². The maximum Gasteiger partial charge on any atom is 0.416 e. The molecular formula is C13H11F3N4O. The number of halogens is 3. The molecule has 0 unspecified atom stereocenters. The molecule has 1 aromatic carbocycles. The van der Waals surface area contributed by atoms with Crippen molar-refractivity contribution in [3.8, 4) is 0 Å². The molecule has 1 amide bonds. The summed E-state index contributed by atoms with van der Waals surface area (Å²) >= 11 is 0. The van der Waals surface area contributed by atoms with Crippen LogP contribution in [-0.4, -0.2) is 15.9 Å². The van der Waals surface area contributed by atoms with Crippen LogP contribution >= 0.6 is 0 Å². The number of nitrogens with two attached hydrogens (primary N) is 1. The van der Waals surface area contributed by atoms with Gasteiger partial charge in [-0.15, -0.1) is 0 Å². The number of hydrogen-bond donors (Lipinski definition) is 2. The number of nitrogens with one attached hydrogen (secondary N) is 1. The molecule has 1 aromatic heterocycles. The number of nitrogens with zero attached hydrogens (tertiary/aromatic N) is 2. The Labute approximate surface area is 118 Å². The molecule has 21 heavy (non-hydrogen) atoms. The second kappa shape index (κ2) is 5.78. The van der Waals surface area contributed by atoms with E-state index in [0.717, 1.165) is 18.2 Å². The second-order valence-electron chi connectivity index (χ2n) is 4.18. The highest BCUT2D eigenvalue weighted by atomic mass is 19.4. The molecule has 0 aliphatic rings. The SMILES string of the molecule is Nc1ccc(C(F)(F)F)cc1C(=O)NCc1ccncn1. The van der Waals surface area contributed by atoms with Crippen molar-refractivity contribution in [3.63, 3.8) is 0 Å². The first-order valence-corrected chi connectivity index (χ1v) is 5.88. The van der Waals surface area contributed by atoms with Gasteiger partial charge in [-0.3, -0.25) is 4.79 Å². The topological polar surface area (TPSA) is 80.9 Å². The smallest absolute Gasteiger partial charge is 0.398 e. The molecule has 0 atom stereocenters. The molecule has 0 bridgehead atoms. The monoisotopic (exact) mass is 296 g/mol. The molecular weight excluding hydrogens is 285 g/mol. The Morgan fingerprint density at radius 3 is 2.67 bits per heavy atom. The van der Waals surface area contributed by atoms with Gasteiger partial charge in [0.05, 0.1) is 23.4 Å². The van der Waals surface area contributed by atoms with Crippen LogP contribution in [0, 0.1) is 0 Å². The Morgan fingerprint density at radius 1 is 1.29 bits per heavy atom. The van der Waals surface area contributed by atoms with Gasteiger partial charge in [0.25, 0.3) is 5.91 Å². The van der Waals surface area contributed by atoms with Gasteiger partial charge in [0.1, 0.15) is 6.33 Å². The number of nitrogen functional groups attached to an aromatic ring is 1. The fourth-order valence-electron chi connectivity index (χ4n) is 1.62. The van der Waals surface area contributed by atoms with E-state index in [9.17, 15) is 18.0 Å². The summed E-state index contributed by atoms with van der Waals surface area (Å²) in [6.07, 6.45) is -1.73. The van der Waals surface area contributed by atoms with E-state index < -0.39 is 17.6 Å². The number of aromatic nitrogens is 2. The summed E-state index contributed by atoms with van der Waals surface area (Å²) in [5.41, 5.74) is 4.91. The zero-order chi connectivity index (χ0) is 15.5. The van der Waals surface area contributed by atoms with Crippen LogP contribution < -0.4 is 11.1 Å². The average Bonchev–Trinajstić information content (AvgIpc) is 2.45. The molecule has 0 aliphatic carbocycles. The van der Waals surface area contributed by atoms with E-state index in [1.165, 1.54) is 12.5 Å². The van der Waals surface area contributed by atoms with Crippen LogP contribution in [0.5, 0.6) is 0 Å². The van der Waals surface area contributed by atoms with E-state index >= 15 is 0 Å². The van der Waals surface area contributed by atoms with Crippen LogP contribution in [0.1, 0.15) is 21.6 Å². The number of hydrogen-bond acceptors (Lipinski definition) is 4. The number of alkyl halides is 3. The molecule has 2 rings (SSSR count). The molecule has 0 saturated carbocycles. The number of benzene rings is 1. The van der Waals surface area contributed by atoms with Gasteiger partial charge in [0.15, 0.2) is 0 Å². The van der Waals surface area contributed by atoms with Crippen molar-refractivity contribution in [3.05, 3.63) is 53.6 Å². The van der Waals surface area contributed by atoms with E-state index in [0.29, 0.717) is 5.69 Å². The highest BCUT2D eigenvalue weighted by Crippen LogP contribution is 2.31. The van der Waals surface area contributed by atoms with Crippen molar-refractivity contribution in [1.29, 1.82) is 0 Å². The van der Waals surface area contributed by atoms with Crippen molar-refractivity contribution < 1.29 is 18.0 Å². The molecule has 1 heterocycles. The van der Waals surface area contributed by atoms with Crippen LogP contribution in [0.2, 0.25) is 0 Å². The molecule has 0 fully saturated rings. The normalized spacial score (nSPS) is 11.2. The first-order valence-electron chi connectivity index (χ1n) is 5.88. The minimum absolute atomic E-state index is 0.0248. The van der Waals surface area contributed by atoms with E-state index in [1.807, 2.05) is 0 Å². The summed E-state index contributed by atoms with van der Waals surface area (Å²) in [4.78, 5) is 19.5. The Bertz CT molecular complexity index is 644. The number of carbonyl (C=O) groups is 1. The Balaban J connectivity index is 2.15. The third-order valence-electron chi connectivity index (χ3n) is 2.70. The maximum absolute atomic E-state index is 12.6. The van der Waals surface area contributed by atoms with Gasteiger partial charge in [-0.05, 0) is 24.3 Å². The van der Waals surface area contributed by atoms with Crippen LogP contribution in [0.15, 0.2) is 36.8 Å². The van der Waals surface area contributed by atoms with Crippen molar-refractivity contribution >= 4 is 11.6 Å². The molecule has 8 heteroatoms. The first kappa shape index (κ1) is 14.8. The third kappa shape index (κ3) is 3.68. The van der Waals surface area contributed by atoms with Crippen molar-refractivity contribution in [2.24, 2.45) is 0 Å². The molecule has 0 saturated heterocycles. The zero-order valence-corrected chi connectivity index (χ0v) is 10.7. The van der Waals surface area contributed by atoms with E-state index in [2.05, 4.69) is 15.3 Å². The molecule has 3 N–H and O–H groups in total. The summed E-state index contributed by atoms with van der Waals surface area (Å²) in [6.45, 7) is 0.0665. The fraction of sp³-hybridized carbons (Fsp3) is 0.154. The first-order chi connectivity index (χ1) is 9.88. The van der Waals surface area contributed by atoms with Gasteiger partial charge in [-0.1, -0.05) is 0 Å². The summed E-state index contributed by atoms with van der Waals surface area (Å²) in [7, 11) is 0. The predicted octanol–water partition coefficient (Wildman–Crippen LogP) is 2.01. The number of anilines is 1.